The molecule has 4 rings (SSSR count). The van der Waals surface area contributed by atoms with E-state index in [4.69, 9.17) is 0 Å². The highest BCUT2D eigenvalue weighted by Crippen LogP contribution is 2.27. The van der Waals surface area contributed by atoms with Gasteiger partial charge in [-0.2, -0.15) is 0 Å². The quantitative estimate of drug-likeness (QED) is 0.386. The predicted octanol–water partition coefficient (Wildman–Crippen LogP) is 4.99. The van der Waals surface area contributed by atoms with Gasteiger partial charge < -0.3 is 9.88 Å². The van der Waals surface area contributed by atoms with Gasteiger partial charge in [0.15, 0.2) is 0 Å². The van der Waals surface area contributed by atoms with Gasteiger partial charge in [-0.05, 0) is 30.3 Å². The fourth-order valence-corrected chi connectivity index (χ4v) is 3.24. The molecule has 1 amide bonds. The Morgan fingerprint density at radius 3 is 2.45 bits per heavy atom. The highest BCUT2D eigenvalue weighted by Gasteiger charge is 2.19. The molecule has 0 aliphatic carbocycles. The first kappa shape index (κ1) is 18.4. The second-order valence-corrected chi connectivity index (χ2v) is 6.53. The lowest BCUT2D eigenvalue weighted by molar-refractivity contribution is -0.384. The molecule has 0 saturated carbocycles. The van der Waals surface area contributed by atoms with E-state index in [1.54, 1.807) is 59.2 Å². The molecule has 0 aliphatic heterocycles. The van der Waals surface area contributed by atoms with Crippen LogP contribution in [0.2, 0.25) is 0 Å². The molecule has 0 radical (unpaired) electrons. The summed E-state index contributed by atoms with van der Waals surface area (Å²) < 4.78 is 15.9. The number of nitro benzene ring substituents is 1. The van der Waals surface area contributed by atoms with E-state index in [2.05, 4.69) is 5.32 Å². The molecule has 4 aromatic rings. The maximum atomic E-state index is 14.2. The van der Waals surface area contributed by atoms with Crippen LogP contribution in [0.4, 0.5) is 15.8 Å². The molecule has 0 saturated heterocycles. The lowest BCUT2D eigenvalue weighted by Gasteiger charge is -2.12. The number of hydrogen-bond acceptors (Lipinski definition) is 3. The van der Waals surface area contributed by atoms with Gasteiger partial charge in [-0.15, -0.1) is 0 Å². The zero-order valence-electron chi connectivity index (χ0n) is 15.2. The Bertz CT molecular complexity index is 1220. The molecule has 144 valence electrons. The van der Waals surface area contributed by atoms with Crippen LogP contribution in [-0.2, 0) is 6.54 Å². The predicted molar refractivity (Wildman–Crippen MR) is 108 cm³/mol. The van der Waals surface area contributed by atoms with Gasteiger partial charge in [-0.25, -0.2) is 4.39 Å². The average molecular weight is 389 g/mol. The van der Waals surface area contributed by atoms with Crippen LogP contribution >= 0.6 is 0 Å². The number of carbonyl (C=O) groups excluding carboxylic acids is 1. The zero-order valence-corrected chi connectivity index (χ0v) is 15.2. The SMILES string of the molecule is O=C(Nc1ccccc1)c1cc2cc([N+](=O)[O-])ccc2n1Cc1ccccc1F. The van der Waals surface area contributed by atoms with Gasteiger partial charge in [-0.1, -0.05) is 36.4 Å². The number of fused-ring (bicyclic) bond motifs is 1. The summed E-state index contributed by atoms with van der Waals surface area (Å²) in [6, 6.07) is 21.2. The topological polar surface area (TPSA) is 77.2 Å². The molecular weight excluding hydrogens is 373 g/mol. The van der Waals surface area contributed by atoms with Crippen molar-refractivity contribution < 1.29 is 14.1 Å². The van der Waals surface area contributed by atoms with Gasteiger partial charge in [0.1, 0.15) is 11.5 Å². The van der Waals surface area contributed by atoms with Crippen LogP contribution in [0.5, 0.6) is 0 Å². The first-order chi connectivity index (χ1) is 14.0. The molecule has 29 heavy (non-hydrogen) atoms. The van der Waals surface area contributed by atoms with Gasteiger partial charge in [-0.3, -0.25) is 14.9 Å². The summed E-state index contributed by atoms with van der Waals surface area (Å²) in [6.45, 7) is 0.117. The summed E-state index contributed by atoms with van der Waals surface area (Å²) in [6.07, 6.45) is 0. The zero-order chi connectivity index (χ0) is 20.4. The van der Waals surface area contributed by atoms with E-state index in [-0.39, 0.29) is 29.7 Å². The summed E-state index contributed by atoms with van der Waals surface area (Å²) in [5.41, 5.74) is 1.85. The molecule has 0 spiro atoms. The van der Waals surface area contributed by atoms with E-state index >= 15 is 0 Å². The third-order valence-electron chi connectivity index (χ3n) is 4.65. The Labute approximate surface area is 165 Å². The summed E-state index contributed by atoms with van der Waals surface area (Å²) in [5, 5.41) is 14.5. The summed E-state index contributed by atoms with van der Waals surface area (Å²) in [7, 11) is 0. The Morgan fingerprint density at radius 2 is 1.72 bits per heavy atom. The lowest BCUT2D eigenvalue weighted by atomic mass is 10.2. The fourth-order valence-electron chi connectivity index (χ4n) is 3.24. The molecule has 0 atom stereocenters. The molecule has 0 aliphatic rings. The van der Waals surface area contributed by atoms with E-state index in [1.807, 2.05) is 6.07 Å². The van der Waals surface area contributed by atoms with E-state index in [1.165, 1.54) is 18.2 Å². The van der Waals surface area contributed by atoms with Crippen molar-refractivity contribution in [1.82, 2.24) is 4.57 Å². The van der Waals surface area contributed by atoms with E-state index in [9.17, 15) is 19.3 Å². The minimum Gasteiger partial charge on any atom is -0.332 e. The number of nitro groups is 1. The molecule has 0 fully saturated rings. The molecule has 1 N–H and O–H groups in total. The smallest absolute Gasteiger partial charge is 0.272 e. The number of non-ortho nitro benzene ring substituents is 1. The van der Waals surface area contributed by atoms with Gasteiger partial charge >= 0.3 is 0 Å². The lowest BCUT2D eigenvalue weighted by Crippen LogP contribution is -2.17. The molecule has 0 bridgehead atoms. The summed E-state index contributed by atoms with van der Waals surface area (Å²) in [5.74, 6) is -0.767. The Balaban J connectivity index is 1.81. The molecule has 1 heterocycles. The molecule has 0 unspecified atom stereocenters. The number of hydrogen-bond donors (Lipinski definition) is 1. The van der Waals surface area contributed by atoms with Crippen molar-refractivity contribution in [3.05, 3.63) is 106 Å². The summed E-state index contributed by atoms with van der Waals surface area (Å²) >= 11 is 0. The summed E-state index contributed by atoms with van der Waals surface area (Å²) in [4.78, 5) is 23.6. The van der Waals surface area contributed by atoms with Crippen molar-refractivity contribution in [1.29, 1.82) is 0 Å². The average Bonchev–Trinajstić information content (AvgIpc) is 3.08. The van der Waals surface area contributed by atoms with Crippen molar-refractivity contribution in [2.24, 2.45) is 0 Å². The van der Waals surface area contributed by atoms with E-state index in [0.717, 1.165) is 0 Å². The van der Waals surface area contributed by atoms with Crippen molar-refractivity contribution >= 4 is 28.2 Å². The highest BCUT2D eigenvalue weighted by atomic mass is 19.1. The first-order valence-corrected chi connectivity index (χ1v) is 8.90. The maximum Gasteiger partial charge on any atom is 0.272 e. The van der Waals surface area contributed by atoms with Crippen LogP contribution in [0.25, 0.3) is 10.9 Å². The number of nitrogens with one attached hydrogen (secondary N) is 1. The van der Waals surface area contributed by atoms with Crippen molar-refractivity contribution in [2.45, 2.75) is 6.54 Å². The minimum atomic E-state index is -0.489. The van der Waals surface area contributed by atoms with E-state index < -0.39 is 4.92 Å². The number of carbonyl (C=O) groups is 1. The highest BCUT2D eigenvalue weighted by molar-refractivity contribution is 6.06. The number of aromatic nitrogens is 1. The fraction of sp³-hybridized carbons (Fsp3) is 0.0455. The normalized spacial score (nSPS) is 10.8. The molecular formula is C22H16FN3O3. The Morgan fingerprint density at radius 1 is 1.00 bits per heavy atom. The number of amides is 1. The van der Waals surface area contributed by atoms with Gasteiger partial charge in [0.2, 0.25) is 0 Å². The number of para-hydroxylation sites is 1. The van der Waals surface area contributed by atoms with Crippen molar-refractivity contribution in [2.75, 3.05) is 5.32 Å². The van der Waals surface area contributed by atoms with Crippen LogP contribution in [0.1, 0.15) is 16.1 Å². The minimum absolute atomic E-state index is 0.0736. The van der Waals surface area contributed by atoms with Crippen LogP contribution in [0.3, 0.4) is 0 Å². The third kappa shape index (κ3) is 3.70. The Hall–Kier alpha value is -4.00. The molecule has 1 aromatic heterocycles. The van der Waals surface area contributed by atoms with Gasteiger partial charge in [0.05, 0.1) is 11.5 Å². The monoisotopic (exact) mass is 389 g/mol. The van der Waals surface area contributed by atoms with E-state index in [0.29, 0.717) is 22.2 Å². The van der Waals surface area contributed by atoms with Crippen LogP contribution in [-0.4, -0.2) is 15.4 Å². The second kappa shape index (κ2) is 7.55. The molecule has 7 heteroatoms. The maximum absolute atomic E-state index is 14.2. The Kier molecular flexibility index (Phi) is 4.78. The third-order valence-corrected chi connectivity index (χ3v) is 4.65. The van der Waals surface area contributed by atoms with Crippen LogP contribution < -0.4 is 5.32 Å². The van der Waals surface area contributed by atoms with Crippen LogP contribution in [0, 0.1) is 15.9 Å². The van der Waals surface area contributed by atoms with Gasteiger partial charge in [0, 0.05) is 34.3 Å². The van der Waals surface area contributed by atoms with Gasteiger partial charge in [0.25, 0.3) is 11.6 Å². The number of nitrogens with zero attached hydrogens (tertiary/aromatic N) is 2. The second-order valence-electron chi connectivity index (χ2n) is 6.53. The number of halogens is 1. The standard InChI is InChI=1S/C22H16FN3O3/c23-19-9-5-4-6-15(19)14-25-20-11-10-18(26(28)29)12-16(20)13-21(25)22(27)24-17-7-2-1-3-8-17/h1-13H,14H2,(H,24,27). The number of anilines is 1. The van der Waals surface area contributed by atoms with Crippen molar-refractivity contribution in [3.8, 4) is 0 Å². The first-order valence-electron chi connectivity index (χ1n) is 8.90. The largest absolute Gasteiger partial charge is 0.332 e. The molecule has 3 aromatic carbocycles. The van der Waals surface area contributed by atoms with Crippen LogP contribution in [0.15, 0.2) is 78.9 Å². The number of benzene rings is 3. The van der Waals surface area contributed by atoms with Crippen molar-refractivity contribution in [3.63, 3.8) is 0 Å². The number of rotatable bonds is 5. The molecule has 6 nitrogen and oxygen atoms in total.